The second kappa shape index (κ2) is 11.7. The Labute approximate surface area is 210 Å². The number of methoxy groups -OCH3 is 2. The van der Waals surface area contributed by atoms with Crippen LogP contribution in [0.15, 0.2) is 18.3 Å². The van der Waals surface area contributed by atoms with Crippen molar-refractivity contribution in [2.75, 3.05) is 34.4 Å². The molecular formula is C28H44N2O5. The number of aryl methyl sites for hydroxylation is 1. The van der Waals surface area contributed by atoms with Crippen molar-refractivity contribution in [2.45, 2.75) is 95.3 Å². The lowest BCUT2D eigenvalue weighted by Gasteiger charge is -2.55. The van der Waals surface area contributed by atoms with Gasteiger partial charge in [0.2, 0.25) is 0 Å². The van der Waals surface area contributed by atoms with Gasteiger partial charge in [-0.15, -0.1) is 0 Å². The number of carbonyl (C=O) groups excluding carboxylic acids is 1. The average Bonchev–Trinajstić information content (AvgIpc) is 3.31. The number of aromatic nitrogens is 1. The topological polar surface area (TPSA) is 70.1 Å². The van der Waals surface area contributed by atoms with Crippen LogP contribution in [0.4, 0.5) is 0 Å². The maximum atomic E-state index is 13.3. The fraction of sp³-hybridized carbons (Fsp3) is 0.786. The maximum Gasteiger partial charge on any atom is 0.259 e. The van der Waals surface area contributed by atoms with Gasteiger partial charge >= 0.3 is 0 Å². The van der Waals surface area contributed by atoms with E-state index in [1.54, 1.807) is 19.1 Å². The van der Waals surface area contributed by atoms with Gasteiger partial charge in [0.05, 0.1) is 11.6 Å². The molecule has 0 aromatic carbocycles. The zero-order valence-electron chi connectivity index (χ0n) is 22.1. The summed E-state index contributed by atoms with van der Waals surface area (Å²) >= 11 is 0. The number of likely N-dealkylation sites (tertiary alicyclic amines) is 1. The molecule has 2 saturated heterocycles. The minimum absolute atomic E-state index is 0.0421. The first-order chi connectivity index (χ1) is 16.9. The summed E-state index contributed by atoms with van der Waals surface area (Å²) < 4.78 is 22.8. The summed E-state index contributed by atoms with van der Waals surface area (Å²) in [5.41, 5.74) is 1.44. The van der Waals surface area contributed by atoms with Gasteiger partial charge in [-0.3, -0.25) is 9.78 Å². The number of hydrogen-bond acceptors (Lipinski definition) is 6. The second-order valence-corrected chi connectivity index (χ2v) is 11.2. The third-order valence-electron chi connectivity index (χ3n) is 8.30. The highest BCUT2D eigenvalue weighted by molar-refractivity contribution is 5.93. The van der Waals surface area contributed by atoms with Crippen LogP contribution in [0.3, 0.4) is 0 Å². The number of nitrogens with zero attached hydrogens (tertiary/aromatic N) is 2. The Morgan fingerprint density at radius 3 is 2.66 bits per heavy atom. The smallest absolute Gasteiger partial charge is 0.259 e. The van der Waals surface area contributed by atoms with Gasteiger partial charge in [-0.1, -0.05) is 13.8 Å². The van der Waals surface area contributed by atoms with E-state index in [0.717, 1.165) is 31.1 Å². The standard InChI is InChI=1S/C28H44N2O5/c1-21(2)16-25-28(35-20-33-4,26(31)30(25)19-32-3)18-24-17-23(10-14-29-24)7-6-22-8-12-27(13-9-22)11-5-15-34-27/h10,14,17,21-22,25H,5-9,11-13,15-16,18-20H2,1-4H3/t22?,25-,27?,28+/m0/s1. The molecule has 0 unspecified atom stereocenters. The number of β-lactam (4-membered cyclic amide) rings is 1. The molecule has 1 saturated carbocycles. The fourth-order valence-corrected chi connectivity index (χ4v) is 6.39. The van der Waals surface area contributed by atoms with Crippen LogP contribution in [-0.4, -0.2) is 67.4 Å². The Morgan fingerprint density at radius 1 is 1.20 bits per heavy atom. The molecule has 0 radical (unpaired) electrons. The van der Waals surface area contributed by atoms with Gasteiger partial charge in [0.25, 0.3) is 5.91 Å². The van der Waals surface area contributed by atoms with Crippen molar-refractivity contribution >= 4 is 5.91 Å². The first-order valence-electron chi connectivity index (χ1n) is 13.4. The van der Waals surface area contributed by atoms with E-state index in [0.29, 0.717) is 12.3 Å². The molecule has 3 fully saturated rings. The highest BCUT2D eigenvalue weighted by Crippen LogP contribution is 2.43. The summed E-state index contributed by atoms with van der Waals surface area (Å²) in [6, 6.07) is 4.21. The van der Waals surface area contributed by atoms with Crippen molar-refractivity contribution < 1.29 is 23.7 Å². The lowest BCUT2D eigenvalue weighted by molar-refractivity contribution is -0.235. The average molecular weight is 489 g/mol. The number of pyridine rings is 1. The minimum Gasteiger partial charge on any atom is -0.375 e. The molecule has 1 aromatic rings. The normalized spacial score (nSPS) is 30.9. The monoisotopic (exact) mass is 488 g/mol. The molecule has 1 aromatic heterocycles. The summed E-state index contributed by atoms with van der Waals surface area (Å²) in [4.78, 5) is 19.7. The van der Waals surface area contributed by atoms with E-state index in [2.05, 4.69) is 31.0 Å². The molecule has 4 rings (SSSR count). The number of carbonyl (C=O) groups is 1. The van der Waals surface area contributed by atoms with E-state index < -0.39 is 5.60 Å². The summed E-state index contributed by atoms with van der Waals surface area (Å²) in [5.74, 6) is 1.14. The Hall–Kier alpha value is -1.54. The van der Waals surface area contributed by atoms with Crippen molar-refractivity contribution in [1.82, 2.24) is 9.88 Å². The van der Waals surface area contributed by atoms with Gasteiger partial charge in [-0.25, -0.2) is 0 Å². The van der Waals surface area contributed by atoms with E-state index >= 15 is 0 Å². The summed E-state index contributed by atoms with van der Waals surface area (Å²) in [7, 11) is 3.21. The van der Waals surface area contributed by atoms with Crippen molar-refractivity contribution in [3.8, 4) is 0 Å². The molecule has 0 bridgehead atoms. The van der Waals surface area contributed by atoms with E-state index in [4.69, 9.17) is 18.9 Å². The van der Waals surface area contributed by atoms with E-state index in [9.17, 15) is 4.79 Å². The van der Waals surface area contributed by atoms with Crippen LogP contribution in [0, 0.1) is 11.8 Å². The Kier molecular flexibility index (Phi) is 8.85. The predicted octanol–water partition coefficient (Wildman–Crippen LogP) is 4.52. The Balaban J connectivity index is 1.40. The molecule has 1 spiro atoms. The lowest BCUT2D eigenvalue weighted by Crippen LogP contribution is -2.76. The largest absolute Gasteiger partial charge is 0.375 e. The van der Waals surface area contributed by atoms with Crippen LogP contribution in [0.1, 0.15) is 76.5 Å². The second-order valence-electron chi connectivity index (χ2n) is 11.2. The zero-order valence-corrected chi connectivity index (χ0v) is 22.1. The maximum absolute atomic E-state index is 13.3. The number of amides is 1. The van der Waals surface area contributed by atoms with E-state index in [1.165, 1.54) is 50.5 Å². The molecule has 7 nitrogen and oxygen atoms in total. The van der Waals surface area contributed by atoms with Crippen LogP contribution in [0.25, 0.3) is 0 Å². The van der Waals surface area contributed by atoms with E-state index in [-0.39, 0.29) is 31.1 Å². The molecule has 7 heteroatoms. The molecule has 3 heterocycles. The highest BCUT2D eigenvalue weighted by atomic mass is 16.7. The Bertz CT molecular complexity index is 830. The summed E-state index contributed by atoms with van der Waals surface area (Å²) in [6.45, 7) is 5.63. The third-order valence-corrected chi connectivity index (χ3v) is 8.30. The van der Waals surface area contributed by atoms with Crippen molar-refractivity contribution in [1.29, 1.82) is 0 Å². The van der Waals surface area contributed by atoms with Gasteiger partial charge in [0.1, 0.15) is 13.5 Å². The molecule has 2 atom stereocenters. The lowest BCUT2D eigenvalue weighted by atomic mass is 9.74. The van der Waals surface area contributed by atoms with E-state index in [1.807, 2.05) is 6.20 Å². The molecule has 35 heavy (non-hydrogen) atoms. The van der Waals surface area contributed by atoms with Crippen LogP contribution in [0.5, 0.6) is 0 Å². The quantitative estimate of drug-likeness (QED) is 0.318. The number of ether oxygens (including phenoxy) is 4. The Morgan fingerprint density at radius 2 is 2.00 bits per heavy atom. The van der Waals surface area contributed by atoms with Gasteiger partial charge in [-0.05, 0) is 87.3 Å². The first-order valence-corrected chi connectivity index (χ1v) is 13.4. The molecule has 1 aliphatic carbocycles. The predicted molar refractivity (Wildman–Crippen MR) is 134 cm³/mol. The van der Waals surface area contributed by atoms with Crippen LogP contribution >= 0.6 is 0 Å². The highest BCUT2D eigenvalue weighted by Gasteiger charge is 2.62. The van der Waals surface area contributed by atoms with Crippen LogP contribution in [-0.2, 0) is 36.6 Å². The molecular weight excluding hydrogens is 444 g/mol. The summed E-state index contributed by atoms with van der Waals surface area (Å²) in [6.07, 6.45) is 12.9. The molecule has 2 aliphatic heterocycles. The third kappa shape index (κ3) is 5.90. The fourth-order valence-electron chi connectivity index (χ4n) is 6.39. The minimum atomic E-state index is -0.955. The van der Waals surface area contributed by atoms with Crippen molar-refractivity contribution in [2.24, 2.45) is 11.8 Å². The summed E-state index contributed by atoms with van der Waals surface area (Å²) in [5, 5.41) is 0. The van der Waals surface area contributed by atoms with Crippen molar-refractivity contribution in [3.05, 3.63) is 29.6 Å². The SMILES string of the molecule is COCO[C@@]1(Cc2cc(CCC3CCC4(CCCO4)CC3)ccn2)C(=O)N(COC)[C@H]1CC(C)C. The number of hydrogen-bond donors (Lipinski definition) is 0. The van der Waals surface area contributed by atoms with Gasteiger partial charge in [0.15, 0.2) is 5.60 Å². The zero-order chi connectivity index (χ0) is 24.9. The van der Waals surface area contributed by atoms with Crippen molar-refractivity contribution in [3.63, 3.8) is 0 Å². The molecule has 1 amide bonds. The number of rotatable bonds is 12. The first kappa shape index (κ1) is 26.5. The molecule has 196 valence electrons. The molecule has 3 aliphatic rings. The van der Waals surface area contributed by atoms with Gasteiger partial charge in [-0.2, -0.15) is 0 Å². The van der Waals surface area contributed by atoms with Gasteiger partial charge < -0.3 is 23.8 Å². The van der Waals surface area contributed by atoms with Crippen LogP contribution in [0.2, 0.25) is 0 Å². The van der Waals surface area contributed by atoms with Crippen LogP contribution < -0.4 is 0 Å². The molecule has 0 N–H and O–H groups in total. The van der Waals surface area contributed by atoms with Gasteiger partial charge in [0, 0.05) is 39.1 Å².